The fraction of sp³-hybridized carbons (Fsp3) is 0.583. The summed E-state index contributed by atoms with van der Waals surface area (Å²) in [6.45, 7) is -0.107. The molecule has 1 aliphatic heterocycles. The van der Waals surface area contributed by atoms with Crippen LogP contribution in [0, 0.1) is 0 Å². The zero-order valence-corrected chi connectivity index (χ0v) is 15.3. The number of hydrogen-bond donors (Lipinski definition) is 6. The molecule has 3 rings (SSSR count). The van der Waals surface area contributed by atoms with E-state index in [9.17, 15) is 19.4 Å². The molecule has 144 valence electrons. The number of ether oxygens (including phenoxy) is 1. The van der Waals surface area contributed by atoms with Gasteiger partial charge in [-0.15, -0.1) is 0 Å². The number of nitrogens with zero attached hydrogens (tertiary/aromatic N) is 3. The highest BCUT2D eigenvalue weighted by molar-refractivity contribution is 7.80. The lowest BCUT2D eigenvalue weighted by molar-refractivity contribution is -0.0400. The van der Waals surface area contributed by atoms with E-state index in [0.717, 1.165) is 0 Å². The zero-order chi connectivity index (χ0) is 18.9. The Bertz CT molecular complexity index is 889. The van der Waals surface area contributed by atoms with Crippen molar-refractivity contribution in [3.63, 3.8) is 0 Å². The van der Waals surface area contributed by atoms with Crippen LogP contribution in [0.1, 0.15) is 12.6 Å². The summed E-state index contributed by atoms with van der Waals surface area (Å²) >= 11 is 3.93. The van der Waals surface area contributed by atoms with Crippen LogP contribution in [0.15, 0.2) is 11.1 Å². The van der Waals surface area contributed by atoms with Crippen LogP contribution in [-0.4, -0.2) is 60.6 Å². The minimum absolute atomic E-state index is 0.0702. The molecule has 0 amide bonds. The van der Waals surface area contributed by atoms with Gasteiger partial charge in [0.25, 0.3) is 5.56 Å². The molecule has 4 atom stereocenters. The number of nitrogens with two attached hydrogens (primary N) is 1. The fourth-order valence-corrected chi connectivity index (χ4v) is 3.72. The molecule has 0 aliphatic carbocycles. The second-order valence-corrected chi connectivity index (χ2v) is 7.72. The second-order valence-electron chi connectivity index (χ2n) is 5.66. The van der Waals surface area contributed by atoms with Gasteiger partial charge in [0.1, 0.15) is 12.3 Å². The topological polar surface area (TPSA) is 178 Å². The van der Waals surface area contributed by atoms with E-state index in [1.165, 1.54) is 10.9 Å². The lowest BCUT2D eigenvalue weighted by atomic mass is 10.2. The van der Waals surface area contributed by atoms with E-state index < -0.39 is 31.7 Å². The molecule has 3 heterocycles. The van der Waals surface area contributed by atoms with Crippen LogP contribution in [0.4, 0.5) is 5.95 Å². The number of aliphatic hydroxyl groups excluding tert-OH is 1. The number of nitrogens with one attached hydrogen (secondary N) is 2. The lowest BCUT2D eigenvalue weighted by Gasteiger charge is -2.18. The first-order valence-electron chi connectivity index (χ1n) is 7.70. The highest BCUT2D eigenvalue weighted by Gasteiger charge is 2.37. The summed E-state index contributed by atoms with van der Waals surface area (Å²) in [5, 5.41) is 12.5. The third kappa shape index (κ3) is 4.09. The molecule has 0 spiro atoms. The Labute approximate surface area is 152 Å². The van der Waals surface area contributed by atoms with E-state index in [2.05, 4.69) is 32.7 Å². The molecule has 1 unspecified atom stereocenters. The number of hydrogen-bond acceptors (Lipinski definition) is 9. The largest absolute Gasteiger partial charge is 0.403 e. The van der Waals surface area contributed by atoms with Crippen molar-refractivity contribution in [3.05, 3.63) is 16.7 Å². The van der Waals surface area contributed by atoms with E-state index in [0.29, 0.717) is 5.75 Å². The van der Waals surface area contributed by atoms with Crippen molar-refractivity contribution < 1.29 is 23.8 Å². The summed E-state index contributed by atoms with van der Waals surface area (Å²) in [5.74, 6) is 0.292. The Morgan fingerprint density at radius 3 is 3.12 bits per heavy atom. The quantitative estimate of drug-likeness (QED) is 0.246. The van der Waals surface area contributed by atoms with Gasteiger partial charge in [0.2, 0.25) is 5.95 Å². The van der Waals surface area contributed by atoms with Gasteiger partial charge in [0.15, 0.2) is 11.2 Å². The van der Waals surface area contributed by atoms with Gasteiger partial charge in [-0.1, -0.05) is 0 Å². The van der Waals surface area contributed by atoms with Crippen molar-refractivity contribution in [3.8, 4) is 0 Å². The molecular weight excluding hydrogens is 387 g/mol. The van der Waals surface area contributed by atoms with Crippen molar-refractivity contribution in [1.82, 2.24) is 24.6 Å². The first-order valence-corrected chi connectivity index (χ1v) is 9.91. The van der Waals surface area contributed by atoms with Crippen LogP contribution in [0.25, 0.3) is 11.2 Å². The molecule has 0 aromatic carbocycles. The number of thiol groups is 1. The first kappa shape index (κ1) is 19.3. The van der Waals surface area contributed by atoms with Gasteiger partial charge in [0, 0.05) is 18.7 Å². The van der Waals surface area contributed by atoms with Gasteiger partial charge in [0.05, 0.1) is 19.0 Å². The number of aromatic amines is 1. The molecule has 1 aliphatic rings. The summed E-state index contributed by atoms with van der Waals surface area (Å²) < 4.78 is 23.9. The lowest BCUT2D eigenvalue weighted by Crippen LogP contribution is -2.27. The molecule has 6 N–H and O–H groups in total. The van der Waals surface area contributed by atoms with Crippen LogP contribution in [-0.2, 0) is 13.8 Å². The van der Waals surface area contributed by atoms with Crippen LogP contribution in [0.5, 0.6) is 0 Å². The molecule has 1 saturated heterocycles. The number of nitrogen functional groups attached to an aromatic ring is 1. The summed E-state index contributed by atoms with van der Waals surface area (Å²) in [6.07, 6.45) is -0.941. The van der Waals surface area contributed by atoms with Crippen LogP contribution < -0.4 is 16.4 Å². The number of fused-ring (bicyclic) bond motifs is 1. The highest BCUT2D eigenvalue weighted by atomic mass is 32.1. The molecular formula is C12H19N6O6PS. The predicted octanol–water partition coefficient (Wildman–Crippen LogP) is -1.01. The fourth-order valence-electron chi connectivity index (χ4n) is 2.60. The SMILES string of the molecule is Nc1nc2c(ncn2[C@H]2C[C@H](O)[C@@H](COP(=O)(O)NCCS)O2)c(=O)[nH]1. The number of aliphatic hydroxyl groups is 1. The Hall–Kier alpha value is -1.47. The third-order valence-electron chi connectivity index (χ3n) is 3.80. The molecule has 0 saturated carbocycles. The van der Waals surface area contributed by atoms with Crippen molar-refractivity contribution in [2.75, 3.05) is 24.6 Å². The van der Waals surface area contributed by atoms with Crippen LogP contribution in [0.3, 0.4) is 0 Å². The Kier molecular flexibility index (Phi) is 5.67. The molecule has 14 heteroatoms. The van der Waals surface area contributed by atoms with Crippen molar-refractivity contribution in [2.45, 2.75) is 24.9 Å². The Morgan fingerprint density at radius 1 is 1.62 bits per heavy atom. The smallest absolute Gasteiger partial charge is 0.390 e. The van der Waals surface area contributed by atoms with Gasteiger partial charge in [-0.25, -0.2) is 14.6 Å². The van der Waals surface area contributed by atoms with Gasteiger partial charge in [-0.2, -0.15) is 17.6 Å². The standard InChI is InChI=1S/C12H19N6O6PS/c13-12-16-10-9(11(20)17-12)14-5-18(10)8-3-6(19)7(24-8)4-23-25(21,22)15-1-2-26/h5-8,19,26H,1-4H2,(H2,15,21,22)(H3,13,16,17,20)/t6-,7+,8+/m0/s1. The zero-order valence-electron chi connectivity index (χ0n) is 13.5. The van der Waals surface area contributed by atoms with E-state index in [1.54, 1.807) is 0 Å². The van der Waals surface area contributed by atoms with E-state index in [1.807, 2.05) is 0 Å². The van der Waals surface area contributed by atoms with E-state index in [4.69, 9.17) is 15.0 Å². The van der Waals surface area contributed by atoms with Gasteiger partial charge in [-0.05, 0) is 0 Å². The number of H-pyrrole nitrogens is 1. The van der Waals surface area contributed by atoms with E-state index >= 15 is 0 Å². The maximum Gasteiger partial charge on any atom is 0.403 e. The number of aromatic nitrogens is 4. The normalized spacial score (nSPS) is 25.6. The van der Waals surface area contributed by atoms with E-state index in [-0.39, 0.29) is 36.7 Å². The molecule has 0 radical (unpaired) electrons. The predicted molar refractivity (Wildman–Crippen MR) is 94.7 cm³/mol. The minimum Gasteiger partial charge on any atom is -0.390 e. The number of anilines is 1. The number of rotatable bonds is 7. The van der Waals surface area contributed by atoms with Gasteiger partial charge < -0.3 is 20.5 Å². The second kappa shape index (κ2) is 7.64. The molecule has 26 heavy (non-hydrogen) atoms. The summed E-state index contributed by atoms with van der Waals surface area (Å²) in [5.41, 5.74) is 5.37. The van der Waals surface area contributed by atoms with Gasteiger partial charge in [-0.3, -0.25) is 18.9 Å². The average molecular weight is 406 g/mol. The Morgan fingerprint density at radius 2 is 2.38 bits per heavy atom. The summed E-state index contributed by atoms with van der Waals surface area (Å²) in [4.78, 5) is 31.8. The summed E-state index contributed by atoms with van der Waals surface area (Å²) in [7, 11) is -4.00. The van der Waals surface area contributed by atoms with Crippen LogP contribution in [0.2, 0.25) is 0 Å². The molecule has 0 bridgehead atoms. The molecule has 2 aromatic heterocycles. The monoisotopic (exact) mass is 406 g/mol. The molecule has 1 fully saturated rings. The maximum atomic E-state index is 11.8. The molecule has 12 nitrogen and oxygen atoms in total. The van der Waals surface area contributed by atoms with Crippen molar-refractivity contribution >= 4 is 37.5 Å². The van der Waals surface area contributed by atoms with Crippen molar-refractivity contribution in [2.24, 2.45) is 0 Å². The maximum absolute atomic E-state index is 11.8. The van der Waals surface area contributed by atoms with Gasteiger partial charge >= 0.3 is 7.75 Å². The average Bonchev–Trinajstić information content (AvgIpc) is 3.14. The molecule has 2 aromatic rings. The van der Waals surface area contributed by atoms with Crippen LogP contribution >= 0.6 is 20.4 Å². The minimum atomic E-state index is -4.00. The third-order valence-corrected chi connectivity index (χ3v) is 5.15. The highest BCUT2D eigenvalue weighted by Crippen LogP contribution is 2.39. The Balaban J connectivity index is 1.71. The number of imidazole rings is 1. The van der Waals surface area contributed by atoms with Crippen molar-refractivity contribution in [1.29, 1.82) is 0 Å². The summed E-state index contributed by atoms with van der Waals surface area (Å²) in [6, 6.07) is 0. The first-order chi connectivity index (χ1) is 12.3.